The number of aliphatic carboxylic acids is 1. The highest BCUT2D eigenvalue weighted by molar-refractivity contribution is 5.71. The predicted octanol–water partition coefficient (Wildman–Crippen LogP) is 0.437. The summed E-state index contributed by atoms with van der Waals surface area (Å²) in [4.78, 5) is 20.0. The van der Waals surface area contributed by atoms with Gasteiger partial charge in [0.2, 0.25) is 0 Å². The van der Waals surface area contributed by atoms with Crippen LogP contribution in [0.2, 0.25) is 0 Å². The van der Waals surface area contributed by atoms with Crippen molar-refractivity contribution in [1.82, 2.24) is 9.78 Å². The number of carboxylic acid groups (broad SMARTS) is 1. The van der Waals surface area contributed by atoms with Gasteiger partial charge in [-0.15, -0.1) is 0 Å². The number of hydrogen-bond acceptors (Lipinski definition) is 4. The fourth-order valence-electron chi connectivity index (χ4n) is 0.754. The zero-order valence-corrected chi connectivity index (χ0v) is 6.75. The third-order valence-corrected chi connectivity index (χ3v) is 1.54. The molecule has 13 heavy (non-hydrogen) atoms. The van der Waals surface area contributed by atoms with Crippen molar-refractivity contribution in [3.05, 3.63) is 22.4 Å². The predicted molar refractivity (Wildman–Crippen MR) is 41.2 cm³/mol. The van der Waals surface area contributed by atoms with E-state index in [9.17, 15) is 14.9 Å². The van der Waals surface area contributed by atoms with E-state index in [1.807, 2.05) is 0 Å². The Labute approximate surface area is 72.7 Å². The molecule has 1 aromatic rings. The molecule has 0 amide bonds. The monoisotopic (exact) mass is 185 g/mol. The summed E-state index contributed by atoms with van der Waals surface area (Å²) < 4.78 is 1.03. The smallest absolute Gasteiger partial charge is 0.389 e. The van der Waals surface area contributed by atoms with Crippen molar-refractivity contribution in [2.24, 2.45) is 0 Å². The second-order valence-electron chi connectivity index (χ2n) is 2.43. The molecule has 1 rings (SSSR count). The molecule has 0 aliphatic heterocycles. The molecular weight excluding hydrogens is 178 g/mol. The molecule has 1 atom stereocenters. The minimum Gasteiger partial charge on any atom is -0.480 e. The van der Waals surface area contributed by atoms with Crippen molar-refractivity contribution in [1.29, 1.82) is 0 Å². The molecule has 0 spiro atoms. The Morgan fingerprint density at radius 2 is 2.46 bits per heavy atom. The molecule has 70 valence electrons. The summed E-state index contributed by atoms with van der Waals surface area (Å²) >= 11 is 0. The molecule has 7 nitrogen and oxygen atoms in total. The van der Waals surface area contributed by atoms with E-state index in [4.69, 9.17) is 5.11 Å². The topological polar surface area (TPSA) is 98.3 Å². The average Bonchev–Trinajstić information content (AvgIpc) is 2.50. The van der Waals surface area contributed by atoms with Gasteiger partial charge in [-0.25, -0.2) is 4.79 Å². The molecule has 7 heteroatoms. The van der Waals surface area contributed by atoms with Gasteiger partial charge >= 0.3 is 11.8 Å². The van der Waals surface area contributed by atoms with Gasteiger partial charge in [-0.1, -0.05) is 0 Å². The lowest BCUT2D eigenvalue weighted by molar-refractivity contribution is -0.389. The molecule has 1 N–H and O–H groups in total. The van der Waals surface area contributed by atoms with Crippen LogP contribution in [0.5, 0.6) is 0 Å². The molecule has 0 aromatic carbocycles. The van der Waals surface area contributed by atoms with Crippen LogP contribution in [0.3, 0.4) is 0 Å². The van der Waals surface area contributed by atoms with Gasteiger partial charge in [-0.2, -0.15) is 4.68 Å². The maximum absolute atomic E-state index is 10.4. The van der Waals surface area contributed by atoms with Crippen LogP contribution in [0.1, 0.15) is 13.0 Å². The number of hydrogen-bond donors (Lipinski definition) is 1. The molecule has 0 saturated heterocycles. The van der Waals surface area contributed by atoms with E-state index in [2.05, 4.69) is 5.10 Å². The third kappa shape index (κ3) is 1.81. The Bertz CT molecular complexity index is 345. The normalized spacial score (nSPS) is 12.4. The summed E-state index contributed by atoms with van der Waals surface area (Å²) in [6.07, 6.45) is 1.26. The average molecular weight is 185 g/mol. The fraction of sp³-hybridized carbons (Fsp3) is 0.333. The van der Waals surface area contributed by atoms with Crippen molar-refractivity contribution in [2.75, 3.05) is 0 Å². The van der Waals surface area contributed by atoms with Gasteiger partial charge in [0.1, 0.15) is 0 Å². The summed E-state index contributed by atoms with van der Waals surface area (Å²) in [7, 11) is 0. The summed E-state index contributed by atoms with van der Waals surface area (Å²) in [5, 5.41) is 22.2. The minimum absolute atomic E-state index is 0.354. The highest BCUT2D eigenvalue weighted by atomic mass is 16.6. The highest BCUT2D eigenvalue weighted by Crippen LogP contribution is 2.10. The first-order valence-corrected chi connectivity index (χ1v) is 3.44. The molecule has 1 unspecified atom stereocenters. The summed E-state index contributed by atoms with van der Waals surface area (Å²) in [5.74, 6) is -1.44. The zero-order valence-electron chi connectivity index (χ0n) is 6.75. The van der Waals surface area contributed by atoms with Crippen LogP contribution in [-0.4, -0.2) is 25.8 Å². The van der Waals surface area contributed by atoms with Crippen LogP contribution in [-0.2, 0) is 4.79 Å². The molecule has 1 heterocycles. The standard InChI is InChI=1S/C6H7N3O4/c1-4(6(10)11)8-3-2-5(7-8)9(12)13/h2-4H,1H3,(H,10,11). The van der Waals surface area contributed by atoms with Gasteiger partial charge in [0.15, 0.2) is 6.04 Å². The summed E-state index contributed by atoms with van der Waals surface area (Å²) in [6, 6.07) is 0.257. The van der Waals surface area contributed by atoms with Crippen molar-refractivity contribution >= 4 is 11.8 Å². The molecule has 0 aliphatic rings. The second kappa shape index (κ2) is 3.21. The van der Waals surface area contributed by atoms with E-state index in [-0.39, 0.29) is 5.82 Å². The maximum Gasteiger partial charge on any atom is 0.389 e. The first-order valence-electron chi connectivity index (χ1n) is 3.44. The Balaban J connectivity index is 2.91. The van der Waals surface area contributed by atoms with Gasteiger partial charge in [0.25, 0.3) is 0 Å². The largest absolute Gasteiger partial charge is 0.480 e. The lowest BCUT2D eigenvalue weighted by atomic mass is 10.4. The maximum atomic E-state index is 10.4. The van der Waals surface area contributed by atoms with Crippen LogP contribution in [0, 0.1) is 10.1 Å². The number of nitro groups is 1. The van der Waals surface area contributed by atoms with Crippen molar-refractivity contribution in [3.8, 4) is 0 Å². The van der Waals surface area contributed by atoms with Crippen LogP contribution < -0.4 is 0 Å². The summed E-state index contributed by atoms with van der Waals surface area (Å²) in [6.45, 7) is 1.39. The SMILES string of the molecule is CC(C(=O)O)n1ccc([N+](=O)[O-])n1. The van der Waals surface area contributed by atoms with E-state index >= 15 is 0 Å². The Hall–Kier alpha value is -1.92. The number of carboxylic acids is 1. The Morgan fingerprint density at radius 1 is 1.85 bits per heavy atom. The first-order chi connectivity index (χ1) is 6.02. The lowest BCUT2D eigenvalue weighted by Gasteiger charge is -1.99. The number of rotatable bonds is 3. The number of nitrogens with zero attached hydrogens (tertiary/aromatic N) is 3. The van der Waals surface area contributed by atoms with E-state index in [0.29, 0.717) is 0 Å². The quantitative estimate of drug-likeness (QED) is 0.544. The van der Waals surface area contributed by atoms with Crippen molar-refractivity contribution < 1.29 is 14.8 Å². The van der Waals surface area contributed by atoms with Crippen molar-refractivity contribution in [3.63, 3.8) is 0 Å². The zero-order chi connectivity index (χ0) is 10.0. The Kier molecular flexibility index (Phi) is 2.27. The summed E-state index contributed by atoms with van der Waals surface area (Å²) in [5.41, 5.74) is 0. The van der Waals surface area contributed by atoms with Crippen LogP contribution in [0.25, 0.3) is 0 Å². The van der Waals surface area contributed by atoms with Gasteiger partial charge < -0.3 is 15.2 Å². The number of aromatic nitrogens is 2. The third-order valence-electron chi connectivity index (χ3n) is 1.54. The Morgan fingerprint density at radius 3 is 2.85 bits per heavy atom. The van der Waals surface area contributed by atoms with Gasteiger partial charge in [0, 0.05) is 0 Å². The van der Waals surface area contributed by atoms with Gasteiger partial charge in [-0.05, 0) is 11.8 Å². The van der Waals surface area contributed by atoms with Crippen LogP contribution >= 0.6 is 0 Å². The van der Waals surface area contributed by atoms with E-state index in [0.717, 1.165) is 10.7 Å². The van der Waals surface area contributed by atoms with Crippen LogP contribution in [0.4, 0.5) is 5.82 Å². The first kappa shape index (κ1) is 9.17. The molecular formula is C6H7N3O4. The minimum atomic E-state index is -1.09. The number of carbonyl (C=O) groups is 1. The van der Waals surface area contributed by atoms with Gasteiger partial charge in [0.05, 0.1) is 17.4 Å². The molecule has 0 fully saturated rings. The van der Waals surface area contributed by atoms with Gasteiger partial charge in [-0.3, -0.25) is 0 Å². The fourth-order valence-corrected chi connectivity index (χ4v) is 0.754. The highest BCUT2D eigenvalue weighted by Gasteiger charge is 2.20. The lowest BCUT2D eigenvalue weighted by Crippen LogP contribution is -2.16. The van der Waals surface area contributed by atoms with Crippen molar-refractivity contribution in [2.45, 2.75) is 13.0 Å². The second-order valence-corrected chi connectivity index (χ2v) is 2.43. The van der Waals surface area contributed by atoms with E-state index in [1.165, 1.54) is 13.1 Å². The molecule has 0 radical (unpaired) electrons. The van der Waals surface area contributed by atoms with E-state index in [1.54, 1.807) is 0 Å². The molecule has 1 aromatic heterocycles. The molecule has 0 bridgehead atoms. The molecule has 0 saturated carbocycles. The van der Waals surface area contributed by atoms with E-state index < -0.39 is 16.9 Å². The van der Waals surface area contributed by atoms with Crippen LogP contribution in [0.15, 0.2) is 12.3 Å². The molecule has 0 aliphatic carbocycles.